The monoisotopic (exact) mass is 531 g/mol. The molecule has 3 heterocycles. The van der Waals surface area contributed by atoms with Crippen molar-refractivity contribution in [1.82, 2.24) is 15.3 Å². The lowest BCUT2D eigenvalue weighted by Crippen LogP contribution is -2.23. The molecule has 2 aromatic carbocycles. The van der Waals surface area contributed by atoms with Crippen molar-refractivity contribution >= 4 is 0 Å². The second-order valence-electron chi connectivity index (χ2n) is 11.3. The summed E-state index contributed by atoms with van der Waals surface area (Å²) in [6, 6.07) is 23.8. The van der Waals surface area contributed by atoms with Crippen LogP contribution in [-0.4, -0.2) is 16.5 Å². The van der Waals surface area contributed by atoms with E-state index in [-0.39, 0.29) is 0 Å². The first-order valence-electron chi connectivity index (χ1n) is 15.6. The second kappa shape index (κ2) is 15.5. The highest BCUT2D eigenvalue weighted by atomic mass is 14.9. The minimum Gasteiger partial charge on any atom is -0.312 e. The zero-order valence-electron chi connectivity index (χ0n) is 24.1. The minimum absolute atomic E-state index is 1.05. The third-order valence-electron chi connectivity index (χ3n) is 8.51. The van der Waals surface area contributed by atoms with Crippen molar-refractivity contribution in [3.05, 3.63) is 130 Å². The van der Waals surface area contributed by atoms with Gasteiger partial charge in [-0.15, -0.1) is 0 Å². The summed E-state index contributed by atoms with van der Waals surface area (Å²) in [5.74, 6) is 0. The normalized spacial score (nSPS) is 16.4. The zero-order chi connectivity index (χ0) is 27.2. The molecule has 0 saturated heterocycles. The highest BCUT2D eigenvalue weighted by Crippen LogP contribution is 2.20. The third kappa shape index (κ3) is 8.35. The predicted molar refractivity (Wildman–Crippen MR) is 167 cm³/mol. The van der Waals surface area contributed by atoms with Crippen LogP contribution in [-0.2, 0) is 51.5 Å². The second-order valence-corrected chi connectivity index (χ2v) is 11.3. The van der Waals surface area contributed by atoms with Crippen LogP contribution in [0.1, 0.15) is 83.2 Å². The van der Waals surface area contributed by atoms with Gasteiger partial charge in [0.25, 0.3) is 0 Å². The molecule has 3 nitrogen and oxygen atoms in total. The molecule has 0 bridgehead atoms. The first kappa shape index (κ1) is 28.2. The van der Waals surface area contributed by atoms with Crippen molar-refractivity contribution in [1.29, 1.82) is 0 Å². The smallest absolute Gasteiger partial charge is 0.0435 e. The lowest BCUT2D eigenvalue weighted by atomic mass is 9.92. The molecule has 0 saturated carbocycles. The number of nitrogens with one attached hydrogen (secondary N) is 1. The molecule has 3 heteroatoms. The van der Waals surface area contributed by atoms with E-state index in [0.717, 1.165) is 13.1 Å². The molecule has 1 aliphatic heterocycles. The minimum atomic E-state index is 1.05. The number of hydrogen-bond acceptors (Lipinski definition) is 3. The number of aromatic nitrogens is 2. The van der Waals surface area contributed by atoms with Gasteiger partial charge in [-0.05, 0) is 141 Å². The molecule has 2 aromatic heterocycles. The Morgan fingerprint density at radius 2 is 0.975 bits per heavy atom. The van der Waals surface area contributed by atoms with Crippen LogP contribution in [0.25, 0.3) is 0 Å². The third-order valence-corrected chi connectivity index (χ3v) is 8.51. The first-order valence-corrected chi connectivity index (χ1v) is 15.6. The molecule has 208 valence electrons. The summed E-state index contributed by atoms with van der Waals surface area (Å²) in [6.45, 7) is 2.19. The fourth-order valence-corrected chi connectivity index (χ4v) is 6.18. The van der Waals surface area contributed by atoms with Crippen molar-refractivity contribution < 1.29 is 0 Å². The van der Waals surface area contributed by atoms with Gasteiger partial charge in [0.15, 0.2) is 0 Å². The van der Waals surface area contributed by atoms with Gasteiger partial charge in [-0.2, -0.15) is 0 Å². The van der Waals surface area contributed by atoms with Gasteiger partial charge in [-0.3, -0.25) is 9.97 Å². The number of hydrogen-bond donors (Lipinski definition) is 1. The van der Waals surface area contributed by atoms with E-state index < -0.39 is 0 Å². The molecule has 0 fully saturated rings. The van der Waals surface area contributed by atoms with Gasteiger partial charge in [0.05, 0.1) is 0 Å². The van der Waals surface area contributed by atoms with Crippen LogP contribution in [0.4, 0.5) is 0 Å². The van der Waals surface area contributed by atoms with Crippen molar-refractivity contribution in [2.75, 3.05) is 6.54 Å². The average Bonchev–Trinajstić information content (AvgIpc) is 3.06. The zero-order valence-corrected chi connectivity index (χ0v) is 24.1. The quantitative estimate of drug-likeness (QED) is 0.251. The molecule has 0 amide bonds. The lowest BCUT2D eigenvalue weighted by molar-refractivity contribution is 0.644. The van der Waals surface area contributed by atoms with Gasteiger partial charge in [0.2, 0.25) is 0 Å². The van der Waals surface area contributed by atoms with Crippen LogP contribution < -0.4 is 5.32 Å². The standard InChI is InChI=1S/C10H12.3C9H11N/c1-2-6-10-8-4-3-7-9(10)5-1;1-2-6-9-8(4-1)5-3-7-10-9;2*1-2-4-9-7-10-6-5-8(9)3-1/h1-2,5-6H,3-4,7-8H2;3,5,7H,1-2,4,6H2;5-7H,1-4H2;1-4,10H,5-7H2. The van der Waals surface area contributed by atoms with Gasteiger partial charge < -0.3 is 5.32 Å². The lowest BCUT2D eigenvalue weighted by Gasteiger charge is -2.15. The summed E-state index contributed by atoms with van der Waals surface area (Å²) in [5.41, 5.74) is 11.9. The molecule has 0 unspecified atom stereocenters. The Kier molecular flexibility index (Phi) is 10.9. The van der Waals surface area contributed by atoms with Crippen molar-refractivity contribution in [3.63, 3.8) is 0 Å². The van der Waals surface area contributed by atoms with E-state index in [4.69, 9.17) is 0 Å². The number of rotatable bonds is 0. The SMILES string of the molecule is c1cc2c(cn1)CCCC2.c1ccc2c(c1)CCCC2.c1ccc2c(c1)CCNC2.c1cnc2c(c1)CCCC2. The summed E-state index contributed by atoms with van der Waals surface area (Å²) in [4.78, 5) is 8.42. The van der Waals surface area contributed by atoms with E-state index >= 15 is 0 Å². The Balaban J connectivity index is 0.000000108. The van der Waals surface area contributed by atoms with Crippen molar-refractivity contribution in [2.45, 2.75) is 90.0 Å². The van der Waals surface area contributed by atoms with E-state index in [9.17, 15) is 0 Å². The Bertz CT molecular complexity index is 1020. The fourth-order valence-electron chi connectivity index (χ4n) is 6.18. The van der Waals surface area contributed by atoms with Crippen LogP contribution in [0.15, 0.2) is 85.3 Å². The largest absolute Gasteiger partial charge is 0.312 e. The van der Waals surface area contributed by atoms with Crippen LogP contribution in [0.5, 0.6) is 0 Å². The molecule has 40 heavy (non-hydrogen) atoms. The number of nitrogens with zero attached hydrogens (tertiary/aromatic N) is 2. The summed E-state index contributed by atoms with van der Waals surface area (Å²) in [5, 5.41) is 3.34. The summed E-state index contributed by atoms with van der Waals surface area (Å²) in [7, 11) is 0. The van der Waals surface area contributed by atoms with E-state index in [1.807, 2.05) is 24.7 Å². The van der Waals surface area contributed by atoms with Gasteiger partial charge in [0, 0.05) is 30.8 Å². The topological polar surface area (TPSA) is 37.8 Å². The van der Waals surface area contributed by atoms with E-state index in [2.05, 4.69) is 75.9 Å². The molecule has 3 aliphatic carbocycles. The maximum absolute atomic E-state index is 4.32. The van der Waals surface area contributed by atoms with Crippen LogP contribution in [0.3, 0.4) is 0 Å². The molecule has 8 rings (SSSR count). The van der Waals surface area contributed by atoms with E-state index in [0.29, 0.717) is 0 Å². The molecular weight excluding hydrogens is 486 g/mol. The Morgan fingerprint density at radius 3 is 1.60 bits per heavy atom. The highest BCUT2D eigenvalue weighted by molar-refractivity contribution is 5.30. The Morgan fingerprint density at radius 1 is 0.450 bits per heavy atom. The van der Waals surface area contributed by atoms with Gasteiger partial charge in [0.1, 0.15) is 0 Å². The molecule has 1 N–H and O–H groups in total. The van der Waals surface area contributed by atoms with Gasteiger partial charge >= 0.3 is 0 Å². The first-order chi connectivity index (χ1) is 19.9. The highest BCUT2D eigenvalue weighted by Gasteiger charge is 2.09. The van der Waals surface area contributed by atoms with Crippen molar-refractivity contribution in [2.24, 2.45) is 0 Å². The predicted octanol–water partition coefficient (Wildman–Crippen LogP) is 7.82. The molecule has 4 aliphatic rings. The van der Waals surface area contributed by atoms with Crippen LogP contribution >= 0.6 is 0 Å². The maximum Gasteiger partial charge on any atom is 0.0435 e. The molecule has 0 atom stereocenters. The molecule has 0 spiro atoms. The Labute approximate surface area is 241 Å². The summed E-state index contributed by atoms with van der Waals surface area (Å²) < 4.78 is 0. The summed E-state index contributed by atoms with van der Waals surface area (Å²) in [6.07, 6.45) is 22.7. The fraction of sp³-hybridized carbons (Fsp3) is 0.405. The van der Waals surface area contributed by atoms with Crippen LogP contribution in [0.2, 0.25) is 0 Å². The van der Waals surface area contributed by atoms with Gasteiger partial charge in [-0.1, -0.05) is 54.6 Å². The number of aryl methyl sites for hydroxylation is 6. The molecule has 0 radical (unpaired) electrons. The average molecular weight is 532 g/mol. The number of pyridine rings is 2. The molecular formula is C37H45N3. The van der Waals surface area contributed by atoms with E-state index in [1.54, 1.807) is 11.1 Å². The summed E-state index contributed by atoms with van der Waals surface area (Å²) >= 11 is 0. The van der Waals surface area contributed by atoms with Crippen molar-refractivity contribution in [3.8, 4) is 0 Å². The Hall–Kier alpha value is -3.30. The van der Waals surface area contributed by atoms with Gasteiger partial charge in [-0.25, -0.2) is 0 Å². The maximum atomic E-state index is 4.32. The molecule has 4 aromatic rings. The van der Waals surface area contributed by atoms with E-state index in [1.165, 1.54) is 117 Å². The number of benzene rings is 2. The number of fused-ring (bicyclic) bond motifs is 4. The van der Waals surface area contributed by atoms with Crippen LogP contribution in [0, 0.1) is 0 Å².